The molecule has 1 N–H and O–H groups in total. The Morgan fingerprint density at radius 1 is 1.28 bits per heavy atom. The molecule has 1 unspecified atom stereocenters. The predicted octanol–water partition coefficient (Wildman–Crippen LogP) is 2.32. The number of morpholine rings is 1. The van der Waals surface area contributed by atoms with E-state index in [1.807, 2.05) is 12.1 Å². The second-order valence-electron chi connectivity index (χ2n) is 4.68. The van der Waals surface area contributed by atoms with Crippen LogP contribution in [0.5, 0.6) is 0 Å². The lowest BCUT2D eigenvalue weighted by atomic mass is 10.1. The summed E-state index contributed by atoms with van der Waals surface area (Å²) in [5.74, 6) is 0. The number of nitrogens with zero attached hydrogens (tertiary/aromatic N) is 1. The van der Waals surface area contributed by atoms with Crippen molar-refractivity contribution in [2.24, 2.45) is 0 Å². The Morgan fingerprint density at radius 3 is 2.61 bits per heavy atom. The van der Waals surface area contributed by atoms with Crippen LogP contribution >= 0.6 is 11.6 Å². The van der Waals surface area contributed by atoms with Gasteiger partial charge in [-0.25, -0.2) is 0 Å². The van der Waals surface area contributed by atoms with Crippen LogP contribution in [0.1, 0.15) is 18.5 Å². The molecule has 3 nitrogen and oxygen atoms in total. The Hall–Kier alpha value is -0.610. The molecule has 100 valence electrons. The molecule has 0 aromatic heterocycles. The molecule has 1 saturated heterocycles. The highest BCUT2D eigenvalue weighted by molar-refractivity contribution is 6.30. The number of nitrogens with one attached hydrogen (secondary N) is 1. The van der Waals surface area contributed by atoms with Crippen LogP contribution < -0.4 is 5.32 Å². The van der Waals surface area contributed by atoms with Gasteiger partial charge >= 0.3 is 0 Å². The van der Waals surface area contributed by atoms with Crippen molar-refractivity contribution >= 4 is 11.6 Å². The van der Waals surface area contributed by atoms with E-state index in [1.165, 1.54) is 5.56 Å². The van der Waals surface area contributed by atoms with Gasteiger partial charge < -0.3 is 10.1 Å². The first-order valence-corrected chi connectivity index (χ1v) is 6.92. The highest BCUT2D eigenvalue weighted by atomic mass is 35.5. The van der Waals surface area contributed by atoms with E-state index in [4.69, 9.17) is 16.3 Å². The lowest BCUT2D eigenvalue weighted by Gasteiger charge is -2.27. The molecule has 1 fully saturated rings. The van der Waals surface area contributed by atoms with E-state index in [0.29, 0.717) is 6.04 Å². The number of benzene rings is 1. The Kier molecular flexibility index (Phi) is 5.45. The van der Waals surface area contributed by atoms with E-state index < -0.39 is 0 Å². The van der Waals surface area contributed by atoms with Crippen LogP contribution in [0.15, 0.2) is 24.3 Å². The van der Waals surface area contributed by atoms with Gasteiger partial charge in [0.1, 0.15) is 0 Å². The van der Waals surface area contributed by atoms with Crippen LogP contribution in [0.25, 0.3) is 0 Å². The lowest BCUT2D eigenvalue weighted by molar-refractivity contribution is 0.0382. The Bertz CT molecular complexity index is 349. The SMILES string of the molecule is CC(NCCN1CCOCC1)c1ccc(Cl)cc1. The summed E-state index contributed by atoms with van der Waals surface area (Å²) in [6.07, 6.45) is 0. The second-order valence-corrected chi connectivity index (χ2v) is 5.12. The van der Waals surface area contributed by atoms with Crippen LogP contribution in [-0.2, 0) is 4.74 Å². The van der Waals surface area contributed by atoms with Crippen molar-refractivity contribution in [3.8, 4) is 0 Å². The fraction of sp³-hybridized carbons (Fsp3) is 0.571. The van der Waals surface area contributed by atoms with E-state index >= 15 is 0 Å². The number of hydrogen-bond acceptors (Lipinski definition) is 3. The van der Waals surface area contributed by atoms with Crippen molar-refractivity contribution in [2.75, 3.05) is 39.4 Å². The predicted molar refractivity (Wildman–Crippen MR) is 75.1 cm³/mol. The van der Waals surface area contributed by atoms with E-state index in [2.05, 4.69) is 29.3 Å². The van der Waals surface area contributed by atoms with Crippen LogP contribution in [0, 0.1) is 0 Å². The molecule has 0 spiro atoms. The van der Waals surface area contributed by atoms with E-state index in [-0.39, 0.29) is 0 Å². The molecule has 1 heterocycles. The molecule has 1 aliphatic heterocycles. The summed E-state index contributed by atoms with van der Waals surface area (Å²) in [6.45, 7) is 8.11. The van der Waals surface area contributed by atoms with Crippen molar-refractivity contribution in [3.63, 3.8) is 0 Å². The van der Waals surface area contributed by atoms with E-state index in [9.17, 15) is 0 Å². The Balaban J connectivity index is 1.70. The van der Waals surface area contributed by atoms with Crippen molar-refractivity contribution < 1.29 is 4.74 Å². The minimum atomic E-state index is 0.364. The molecule has 0 radical (unpaired) electrons. The maximum absolute atomic E-state index is 5.88. The molecule has 0 bridgehead atoms. The number of ether oxygens (including phenoxy) is 1. The first kappa shape index (κ1) is 13.8. The summed E-state index contributed by atoms with van der Waals surface area (Å²) in [7, 11) is 0. The summed E-state index contributed by atoms with van der Waals surface area (Å²) in [4.78, 5) is 2.44. The van der Waals surface area contributed by atoms with Crippen molar-refractivity contribution in [3.05, 3.63) is 34.9 Å². The standard InChI is InChI=1S/C14H21ClN2O/c1-12(13-2-4-14(15)5-3-13)16-6-7-17-8-10-18-11-9-17/h2-5,12,16H,6-11H2,1H3. The fourth-order valence-electron chi connectivity index (χ4n) is 2.13. The van der Waals surface area contributed by atoms with Gasteiger partial charge in [-0.1, -0.05) is 23.7 Å². The van der Waals surface area contributed by atoms with Gasteiger partial charge in [-0.05, 0) is 24.6 Å². The zero-order chi connectivity index (χ0) is 12.8. The van der Waals surface area contributed by atoms with Gasteiger partial charge in [0, 0.05) is 37.2 Å². The van der Waals surface area contributed by atoms with Crippen LogP contribution in [-0.4, -0.2) is 44.3 Å². The molecule has 18 heavy (non-hydrogen) atoms. The largest absolute Gasteiger partial charge is 0.379 e. The average molecular weight is 269 g/mol. The third-order valence-corrected chi connectivity index (χ3v) is 3.60. The van der Waals surface area contributed by atoms with Gasteiger partial charge in [-0.3, -0.25) is 4.90 Å². The van der Waals surface area contributed by atoms with Crippen molar-refractivity contribution in [1.29, 1.82) is 0 Å². The average Bonchev–Trinajstić information content (AvgIpc) is 2.40. The quantitative estimate of drug-likeness (QED) is 0.887. The molecular formula is C14H21ClN2O. The Labute approximate surface area is 114 Å². The minimum Gasteiger partial charge on any atom is -0.379 e. The molecular weight excluding hydrogens is 248 g/mol. The van der Waals surface area contributed by atoms with Gasteiger partial charge in [-0.2, -0.15) is 0 Å². The van der Waals surface area contributed by atoms with Crippen molar-refractivity contribution in [2.45, 2.75) is 13.0 Å². The minimum absolute atomic E-state index is 0.364. The van der Waals surface area contributed by atoms with E-state index in [1.54, 1.807) is 0 Å². The zero-order valence-electron chi connectivity index (χ0n) is 10.9. The summed E-state index contributed by atoms with van der Waals surface area (Å²) in [5, 5.41) is 4.33. The topological polar surface area (TPSA) is 24.5 Å². The highest BCUT2D eigenvalue weighted by Crippen LogP contribution is 2.15. The smallest absolute Gasteiger partial charge is 0.0594 e. The summed E-state index contributed by atoms with van der Waals surface area (Å²) < 4.78 is 5.33. The first-order valence-electron chi connectivity index (χ1n) is 6.54. The third kappa shape index (κ3) is 4.25. The number of rotatable bonds is 5. The molecule has 1 atom stereocenters. The molecule has 1 aromatic rings. The number of halogens is 1. The monoisotopic (exact) mass is 268 g/mol. The summed E-state index contributed by atoms with van der Waals surface area (Å²) in [5.41, 5.74) is 1.28. The molecule has 4 heteroatoms. The summed E-state index contributed by atoms with van der Waals surface area (Å²) >= 11 is 5.88. The van der Waals surface area contributed by atoms with Crippen LogP contribution in [0.4, 0.5) is 0 Å². The van der Waals surface area contributed by atoms with Gasteiger partial charge in [-0.15, -0.1) is 0 Å². The zero-order valence-corrected chi connectivity index (χ0v) is 11.6. The van der Waals surface area contributed by atoms with Crippen LogP contribution in [0.2, 0.25) is 5.02 Å². The van der Waals surface area contributed by atoms with Gasteiger partial charge in [0.25, 0.3) is 0 Å². The molecule has 2 rings (SSSR count). The maximum Gasteiger partial charge on any atom is 0.0594 e. The van der Waals surface area contributed by atoms with Gasteiger partial charge in [0.2, 0.25) is 0 Å². The van der Waals surface area contributed by atoms with Crippen molar-refractivity contribution in [1.82, 2.24) is 10.2 Å². The molecule has 0 aliphatic carbocycles. The summed E-state index contributed by atoms with van der Waals surface area (Å²) in [6, 6.07) is 8.40. The Morgan fingerprint density at radius 2 is 1.94 bits per heavy atom. The third-order valence-electron chi connectivity index (χ3n) is 3.35. The van der Waals surface area contributed by atoms with Crippen LogP contribution in [0.3, 0.4) is 0 Å². The molecule has 1 aromatic carbocycles. The highest BCUT2D eigenvalue weighted by Gasteiger charge is 2.10. The normalized spacial score (nSPS) is 18.8. The molecule has 0 amide bonds. The van der Waals surface area contributed by atoms with E-state index in [0.717, 1.165) is 44.4 Å². The maximum atomic E-state index is 5.88. The fourth-order valence-corrected chi connectivity index (χ4v) is 2.26. The second kappa shape index (κ2) is 7.10. The molecule has 1 aliphatic rings. The number of hydrogen-bond donors (Lipinski definition) is 1. The first-order chi connectivity index (χ1) is 8.75. The molecule has 0 saturated carbocycles. The van der Waals surface area contributed by atoms with Gasteiger partial charge in [0.15, 0.2) is 0 Å². The van der Waals surface area contributed by atoms with Gasteiger partial charge in [0.05, 0.1) is 13.2 Å². The lowest BCUT2D eigenvalue weighted by Crippen LogP contribution is -2.40.